The maximum Gasteiger partial charge on any atom is 0.222 e. The molecular formula is C16H16N4S. The molecule has 0 amide bonds. The predicted octanol–water partition coefficient (Wildman–Crippen LogP) is 3.54. The summed E-state index contributed by atoms with van der Waals surface area (Å²) in [6.45, 7) is 1.98. The van der Waals surface area contributed by atoms with Gasteiger partial charge in [-0.1, -0.05) is 30.3 Å². The van der Waals surface area contributed by atoms with Gasteiger partial charge in [0.15, 0.2) is 0 Å². The monoisotopic (exact) mass is 296 g/mol. The fraction of sp³-hybridized carbons (Fsp3) is 0.188. The number of hydrogen-bond acceptors (Lipinski definition) is 5. The van der Waals surface area contributed by atoms with Gasteiger partial charge in [-0.25, -0.2) is 15.0 Å². The number of benzene rings is 1. The molecule has 2 aromatic heterocycles. The lowest BCUT2D eigenvalue weighted by Crippen LogP contribution is -2.02. The van der Waals surface area contributed by atoms with Gasteiger partial charge in [0.2, 0.25) is 5.95 Å². The van der Waals surface area contributed by atoms with E-state index in [2.05, 4.69) is 32.8 Å². The van der Waals surface area contributed by atoms with Crippen molar-refractivity contribution in [2.75, 3.05) is 12.4 Å². The molecule has 0 aliphatic rings. The lowest BCUT2D eigenvalue weighted by atomic mass is 10.2. The molecular weight excluding hydrogens is 280 g/mol. The molecule has 0 aliphatic carbocycles. The maximum atomic E-state index is 4.70. The van der Waals surface area contributed by atoms with E-state index in [0.29, 0.717) is 5.95 Å². The summed E-state index contributed by atoms with van der Waals surface area (Å²) in [5.41, 5.74) is 4.12. The van der Waals surface area contributed by atoms with E-state index in [9.17, 15) is 0 Å². The first-order valence-electron chi connectivity index (χ1n) is 6.77. The van der Waals surface area contributed by atoms with Crippen LogP contribution >= 0.6 is 11.3 Å². The highest BCUT2D eigenvalue weighted by Gasteiger charge is 2.07. The minimum absolute atomic E-state index is 0.657. The number of anilines is 1. The largest absolute Gasteiger partial charge is 0.357 e. The Kier molecular flexibility index (Phi) is 3.92. The van der Waals surface area contributed by atoms with E-state index in [-0.39, 0.29) is 0 Å². The molecule has 0 atom stereocenters. The summed E-state index contributed by atoms with van der Waals surface area (Å²) >= 11 is 1.67. The predicted molar refractivity (Wildman–Crippen MR) is 86.7 cm³/mol. The van der Waals surface area contributed by atoms with Gasteiger partial charge in [-0.3, -0.25) is 0 Å². The van der Waals surface area contributed by atoms with Crippen LogP contribution in [0.4, 0.5) is 5.95 Å². The molecule has 0 spiro atoms. The molecule has 0 bridgehead atoms. The van der Waals surface area contributed by atoms with Crippen molar-refractivity contribution in [3.8, 4) is 11.3 Å². The van der Waals surface area contributed by atoms with Gasteiger partial charge in [0, 0.05) is 30.1 Å². The van der Waals surface area contributed by atoms with Crippen molar-refractivity contribution in [1.29, 1.82) is 0 Å². The Balaban J connectivity index is 1.83. The third-order valence-corrected chi connectivity index (χ3v) is 3.93. The average Bonchev–Trinajstić information content (AvgIpc) is 2.96. The minimum atomic E-state index is 0.657. The minimum Gasteiger partial charge on any atom is -0.357 e. The second-order valence-electron chi connectivity index (χ2n) is 4.74. The molecule has 0 saturated carbocycles. The SMILES string of the molecule is CNc1nc(C)cc(Cc2nc(-c3ccccc3)cs2)n1. The fourth-order valence-electron chi connectivity index (χ4n) is 2.12. The molecule has 0 saturated heterocycles. The van der Waals surface area contributed by atoms with Crippen molar-refractivity contribution in [3.05, 3.63) is 58.2 Å². The number of aromatic nitrogens is 3. The Labute approximate surface area is 127 Å². The summed E-state index contributed by atoms with van der Waals surface area (Å²) in [7, 11) is 1.83. The molecule has 1 aromatic carbocycles. The van der Waals surface area contributed by atoms with E-state index in [1.807, 2.05) is 38.2 Å². The van der Waals surface area contributed by atoms with Crippen LogP contribution < -0.4 is 5.32 Å². The average molecular weight is 296 g/mol. The van der Waals surface area contributed by atoms with Crippen LogP contribution in [0.3, 0.4) is 0 Å². The zero-order valence-electron chi connectivity index (χ0n) is 12.0. The lowest BCUT2D eigenvalue weighted by molar-refractivity contribution is 0.991. The Morgan fingerprint density at radius 2 is 1.90 bits per heavy atom. The fourth-order valence-corrected chi connectivity index (χ4v) is 2.94. The highest BCUT2D eigenvalue weighted by atomic mass is 32.1. The molecule has 0 unspecified atom stereocenters. The Morgan fingerprint density at radius 3 is 2.67 bits per heavy atom. The Bertz CT molecular complexity index is 737. The second-order valence-corrected chi connectivity index (χ2v) is 5.69. The van der Waals surface area contributed by atoms with E-state index < -0.39 is 0 Å². The molecule has 5 heteroatoms. The molecule has 4 nitrogen and oxygen atoms in total. The van der Waals surface area contributed by atoms with Crippen molar-refractivity contribution >= 4 is 17.3 Å². The molecule has 3 rings (SSSR count). The van der Waals surface area contributed by atoms with Crippen LogP contribution in [0, 0.1) is 6.92 Å². The molecule has 21 heavy (non-hydrogen) atoms. The van der Waals surface area contributed by atoms with Gasteiger partial charge in [-0.15, -0.1) is 11.3 Å². The van der Waals surface area contributed by atoms with Crippen molar-refractivity contribution in [2.45, 2.75) is 13.3 Å². The summed E-state index contributed by atoms with van der Waals surface area (Å²) in [5, 5.41) is 6.14. The van der Waals surface area contributed by atoms with E-state index in [4.69, 9.17) is 4.98 Å². The van der Waals surface area contributed by atoms with E-state index in [1.54, 1.807) is 11.3 Å². The summed E-state index contributed by atoms with van der Waals surface area (Å²) in [6, 6.07) is 12.2. The summed E-state index contributed by atoms with van der Waals surface area (Å²) in [4.78, 5) is 13.5. The van der Waals surface area contributed by atoms with E-state index in [0.717, 1.165) is 34.1 Å². The standard InChI is InChI=1S/C16H16N4S/c1-11-8-13(19-16(17-2)18-11)9-15-20-14(10-21-15)12-6-4-3-5-7-12/h3-8,10H,9H2,1-2H3,(H,17,18,19). The number of aryl methyl sites for hydroxylation is 1. The van der Waals surface area contributed by atoms with Gasteiger partial charge in [0.1, 0.15) is 0 Å². The smallest absolute Gasteiger partial charge is 0.222 e. The van der Waals surface area contributed by atoms with Gasteiger partial charge in [-0.05, 0) is 13.0 Å². The number of rotatable bonds is 4. The highest BCUT2D eigenvalue weighted by Crippen LogP contribution is 2.23. The van der Waals surface area contributed by atoms with Crippen molar-refractivity contribution in [3.63, 3.8) is 0 Å². The highest BCUT2D eigenvalue weighted by molar-refractivity contribution is 7.10. The molecule has 2 heterocycles. The first-order chi connectivity index (χ1) is 10.2. The van der Waals surface area contributed by atoms with Crippen molar-refractivity contribution < 1.29 is 0 Å². The number of nitrogens with zero attached hydrogens (tertiary/aromatic N) is 3. The van der Waals surface area contributed by atoms with Crippen LogP contribution in [0.15, 0.2) is 41.8 Å². The van der Waals surface area contributed by atoms with Gasteiger partial charge < -0.3 is 5.32 Å². The van der Waals surface area contributed by atoms with Gasteiger partial charge in [-0.2, -0.15) is 0 Å². The van der Waals surface area contributed by atoms with Crippen LogP contribution in [-0.2, 0) is 6.42 Å². The summed E-state index contributed by atoms with van der Waals surface area (Å²) < 4.78 is 0. The first kappa shape index (κ1) is 13.7. The molecule has 0 fully saturated rings. The van der Waals surface area contributed by atoms with Crippen LogP contribution in [-0.4, -0.2) is 22.0 Å². The van der Waals surface area contributed by atoms with Crippen molar-refractivity contribution in [1.82, 2.24) is 15.0 Å². The first-order valence-corrected chi connectivity index (χ1v) is 7.64. The maximum absolute atomic E-state index is 4.70. The van der Waals surface area contributed by atoms with Crippen LogP contribution in [0.5, 0.6) is 0 Å². The summed E-state index contributed by atoms with van der Waals surface area (Å²) in [5.74, 6) is 0.657. The topological polar surface area (TPSA) is 50.7 Å². The Morgan fingerprint density at radius 1 is 1.10 bits per heavy atom. The number of thiazole rings is 1. The molecule has 0 radical (unpaired) electrons. The zero-order valence-corrected chi connectivity index (χ0v) is 12.8. The quantitative estimate of drug-likeness (QED) is 0.800. The van der Waals surface area contributed by atoms with Crippen LogP contribution in [0.2, 0.25) is 0 Å². The molecule has 1 N–H and O–H groups in total. The third-order valence-electron chi connectivity index (χ3n) is 3.08. The van der Waals surface area contributed by atoms with E-state index in [1.165, 1.54) is 0 Å². The summed E-state index contributed by atoms with van der Waals surface area (Å²) in [6.07, 6.45) is 0.732. The second kappa shape index (κ2) is 6.01. The molecule has 106 valence electrons. The normalized spacial score (nSPS) is 10.6. The van der Waals surface area contributed by atoms with Crippen LogP contribution in [0.1, 0.15) is 16.4 Å². The van der Waals surface area contributed by atoms with Gasteiger partial charge >= 0.3 is 0 Å². The van der Waals surface area contributed by atoms with Gasteiger partial charge in [0.05, 0.1) is 16.4 Å². The van der Waals surface area contributed by atoms with E-state index >= 15 is 0 Å². The molecule has 3 aromatic rings. The Hall–Kier alpha value is -2.27. The third kappa shape index (κ3) is 3.25. The molecule has 0 aliphatic heterocycles. The van der Waals surface area contributed by atoms with Crippen LogP contribution in [0.25, 0.3) is 11.3 Å². The zero-order chi connectivity index (χ0) is 14.7. The van der Waals surface area contributed by atoms with Crippen molar-refractivity contribution in [2.24, 2.45) is 0 Å². The number of hydrogen-bond donors (Lipinski definition) is 1. The lowest BCUT2D eigenvalue weighted by Gasteiger charge is -2.03. The number of nitrogens with one attached hydrogen (secondary N) is 1. The van der Waals surface area contributed by atoms with Gasteiger partial charge in [0.25, 0.3) is 0 Å².